The summed E-state index contributed by atoms with van der Waals surface area (Å²) >= 11 is 7.02. The van der Waals surface area contributed by atoms with Crippen LogP contribution in [0.15, 0.2) is 10.7 Å². The van der Waals surface area contributed by atoms with E-state index in [2.05, 4.69) is 5.43 Å². The number of allylic oxidation sites excluding steroid dienone is 1. The van der Waals surface area contributed by atoms with Crippen LogP contribution in [0.25, 0.3) is 0 Å². The van der Waals surface area contributed by atoms with Gasteiger partial charge in [0, 0.05) is 11.8 Å². The fourth-order valence-corrected chi connectivity index (χ4v) is 2.58. The van der Waals surface area contributed by atoms with Crippen molar-refractivity contribution >= 4 is 35.2 Å². The third-order valence-electron chi connectivity index (χ3n) is 2.46. The van der Waals surface area contributed by atoms with E-state index in [1.54, 1.807) is 20.8 Å². The molecule has 0 saturated carbocycles. The van der Waals surface area contributed by atoms with Gasteiger partial charge in [0.05, 0.1) is 0 Å². The van der Waals surface area contributed by atoms with Crippen molar-refractivity contribution in [1.82, 2.24) is 10.4 Å². The van der Waals surface area contributed by atoms with Gasteiger partial charge in [0.1, 0.15) is 10.7 Å². The molecule has 0 aromatic heterocycles. The summed E-state index contributed by atoms with van der Waals surface area (Å²) in [7, 11) is 0. The van der Waals surface area contributed by atoms with Gasteiger partial charge in [-0.15, -0.1) is 23.4 Å². The first-order chi connectivity index (χ1) is 8.97. The summed E-state index contributed by atoms with van der Waals surface area (Å²) in [5, 5.41) is 1.21. The van der Waals surface area contributed by atoms with Crippen LogP contribution >= 0.6 is 23.4 Å². The highest BCUT2D eigenvalue weighted by molar-refractivity contribution is 8.04. The summed E-state index contributed by atoms with van der Waals surface area (Å²) in [6.45, 7) is 5.33. The van der Waals surface area contributed by atoms with E-state index < -0.39 is 0 Å². The van der Waals surface area contributed by atoms with E-state index in [1.807, 2.05) is 0 Å². The van der Waals surface area contributed by atoms with Gasteiger partial charge in [0.2, 0.25) is 5.91 Å². The number of ether oxygens (including phenoxy) is 1. The van der Waals surface area contributed by atoms with E-state index >= 15 is 0 Å². The van der Waals surface area contributed by atoms with Crippen LogP contribution in [0.5, 0.6) is 0 Å². The molecule has 0 spiro atoms. The smallest absolute Gasteiger partial charge is 0.285 e. The fourth-order valence-electron chi connectivity index (χ4n) is 1.30. The zero-order valence-electron chi connectivity index (χ0n) is 11.4. The number of halogens is 1. The number of carbonyl (C=O) groups excluding carboxylic acids is 2. The monoisotopic (exact) mass is 306 g/mol. The van der Waals surface area contributed by atoms with Crippen molar-refractivity contribution in [3.63, 3.8) is 0 Å². The molecule has 0 atom stereocenters. The van der Waals surface area contributed by atoms with Crippen molar-refractivity contribution in [2.75, 3.05) is 18.4 Å². The number of hydrogen-bond donors (Lipinski definition) is 1. The SMILES string of the molecule is CC1=C(SCCCCl)C(=O)N(NC(=O)C(C)C)CO1. The third kappa shape index (κ3) is 4.62. The second-order valence-electron chi connectivity index (χ2n) is 4.41. The highest BCUT2D eigenvalue weighted by Gasteiger charge is 2.28. The first-order valence-electron chi connectivity index (χ1n) is 6.12. The van der Waals surface area contributed by atoms with Crippen LogP contribution in [0.1, 0.15) is 27.2 Å². The third-order valence-corrected chi connectivity index (χ3v) is 3.97. The van der Waals surface area contributed by atoms with Gasteiger partial charge >= 0.3 is 0 Å². The highest BCUT2D eigenvalue weighted by atomic mass is 35.5. The molecule has 108 valence electrons. The lowest BCUT2D eigenvalue weighted by atomic mass is 10.2. The Morgan fingerprint density at radius 3 is 2.84 bits per heavy atom. The topological polar surface area (TPSA) is 58.6 Å². The zero-order chi connectivity index (χ0) is 14.4. The number of carbonyl (C=O) groups is 2. The Balaban J connectivity index is 2.66. The molecule has 1 rings (SSSR count). The number of amides is 2. The van der Waals surface area contributed by atoms with E-state index in [-0.39, 0.29) is 24.5 Å². The second-order valence-corrected chi connectivity index (χ2v) is 5.90. The Hall–Kier alpha value is -0.880. The van der Waals surface area contributed by atoms with Gasteiger partial charge in [-0.05, 0) is 19.1 Å². The Morgan fingerprint density at radius 1 is 1.58 bits per heavy atom. The molecule has 1 N–H and O–H groups in total. The molecule has 0 bridgehead atoms. The van der Waals surface area contributed by atoms with Gasteiger partial charge in [0.15, 0.2) is 6.73 Å². The maximum atomic E-state index is 12.2. The molecule has 0 aromatic carbocycles. The lowest BCUT2D eigenvalue weighted by Gasteiger charge is -2.29. The normalized spacial score (nSPS) is 15.8. The maximum Gasteiger partial charge on any atom is 0.285 e. The Labute approximate surface area is 122 Å². The summed E-state index contributed by atoms with van der Waals surface area (Å²) in [5.41, 5.74) is 2.56. The van der Waals surface area contributed by atoms with Crippen molar-refractivity contribution in [1.29, 1.82) is 0 Å². The Kier molecular flexibility index (Phi) is 6.51. The lowest BCUT2D eigenvalue weighted by Crippen LogP contribution is -2.50. The lowest BCUT2D eigenvalue weighted by molar-refractivity contribution is -0.147. The van der Waals surface area contributed by atoms with Crippen LogP contribution in [0, 0.1) is 5.92 Å². The molecule has 1 aliphatic heterocycles. The standard InChI is InChI=1S/C12H19ClN2O3S/c1-8(2)11(16)14-15-7-18-9(3)10(12(15)17)19-6-4-5-13/h8H,4-7H2,1-3H3,(H,14,16). The summed E-state index contributed by atoms with van der Waals surface area (Å²) in [4.78, 5) is 24.3. The number of rotatable bonds is 6. The molecule has 0 unspecified atom stereocenters. The molecule has 0 saturated heterocycles. The molecule has 0 aliphatic carbocycles. The van der Waals surface area contributed by atoms with Gasteiger partial charge in [-0.2, -0.15) is 0 Å². The van der Waals surface area contributed by atoms with Gasteiger partial charge in [-0.25, -0.2) is 5.01 Å². The average molecular weight is 307 g/mol. The largest absolute Gasteiger partial charge is 0.474 e. The minimum atomic E-state index is -0.225. The average Bonchev–Trinajstić information content (AvgIpc) is 2.36. The summed E-state index contributed by atoms with van der Waals surface area (Å²) in [6, 6.07) is 0. The van der Waals surface area contributed by atoms with Crippen molar-refractivity contribution in [3.05, 3.63) is 10.7 Å². The fraction of sp³-hybridized carbons (Fsp3) is 0.667. The first-order valence-corrected chi connectivity index (χ1v) is 7.64. The van der Waals surface area contributed by atoms with Crippen LogP contribution < -0.4 is 5.43 Å². The van der Waals surface area contributed by atoms with E-state index in [1.165, 1.54) is 16.8 Å². The molecule has 7 heteroatoms. The second kappa shape index (κ2) is 7.65. The summed E-state index contributed by atoms with van der Waals surface area (Å²) < 4.78 is 5.40. The number of nitrogens with zero attached hydrogens (tertiary/aromatic N) is 1. The minimum Gasteiger partial charge on any atom is -0.474 e. The summed E-state index contributed by atoms with van der Waals surface area (Å²) in [6.07, 6.45) is 0.814. The van der Waals surface area contributed by atoms with E-state index in [0.717, 1.165) is 12.2 Å². The molecule has 0 radical (unpaired) electrons. The van der Waals surface area contributed by atoms with Gasteiger partial charge < -0.3 is 4.74 Å². The first kappa shape index (κ1) is 16.2. The number of nitrogens with one attached hydrogen (secondary N) is 1. The number of hydrazine groups is 1. The molecule has 19 heavy (non-hydrogen) atoms. The van der Waals surface area contributed by atoms with Crippen LogP contribution in [0.4, 0.5) is 0 Å². The van der Waals surface area contributed by atoms with Gasteiger partial charge in [0.25, 0.3) is 5.91 Å². The highest BCUT2D eigenvalue weighted by Crippen LogP contribution is 2.26. The molecule has 1 aliphatic rings. The van der Waals surface area contributed by atoms with Crippen molar-refractivity contribution in [2.45, 2.75) is 27.2 Å². The molecule has 0 fully saturated rings. The van der Waals surface area contributed by atoms with Crippen molar-refractivity contribution in [2.24, 2.45) is 5.92 Å². The molecule has 2 amide bonds. The number of alkyl halides is 1. The van der Waals surface area contributed by atoms with Gasteiger partial charge in [-0.3, -0.25) is 15.0 Å². The van der Waals surface area contributed by atoms with E-state index in [9.17, 15) is 9.59 Å². The zero-order valence-corrected chi connectivity index (χ0v) is 12.9. The van der Waals surface area contributed by atoms with E-state index in [4.69, 9.17) is 16.3 Å². The Bertz CT molecular complexity index is 385. The van der Waals surface area contributed by atoms with Crippen molar-refractivity contribution in [3.8, 4) is 0 Å². The maximum absolute atomic E-state index is 12.2. The van der Waals surface area contributed by atoms with Gasteiger partial charge in [-0.1, -0.05) is 13.8 Å². The number of hydrogen-bond acceptors (Lipinski definition) is 4. The van der Waals surface area contributed by atoms with Crippen molar-refractivity contribution < 1.29 is 14.3 Å². The molecular formula is C12H19ClN2O3S. The predicted octanol–water partition coefficient (Wildman–Crippen LogP) is 2.08. The predicted molar refractivity (Wildman–Crippen MR) is 76.3 cm³/mol. The molecule has 5 nitrogen and oxygen atoms in total. The van der Waals surface area contributed by atoms with E-state index in [0.29, 0.717) is 16.5 Å². The van der Waals surface area contributed by atoms with Crippen LogP contribution in [-0.4, -0.2) is 35.2 Å². The summed E-state index contributed by atoms with van der Waals surface area (Å²) in [5.74, 6) is 1.28. The number of thioether (sulfide) groups is 1. The Morgan fingerprint density at radius 2 is 2.26 bits per heavy atom. The van der Waals surface area contributed by atoms with Crippen LogP contribution in [-0.2, 0) is 14.3 Å². The molecular weight excluding hydrogens is 288 g/mol. The van der Waals surface area contributed by atoms with Crippen LogP contribution in [0.2, 0.25) is 0 Å². The van der Waals surface area contributed by atoms with Crippen LogP contribution in [0.3, 0.4) is 0 Å². The minimum absolute atomic E-state index is 0.0443. The quantitative estimate of drug-likeness (QED) is 0.603. The molecule has 0 aromatic rings. The molecule has 1 heterocycles.